The Morgan fingerprint density at radius 2 is 1.65 bits per heavy atom. The predicted molar refractivity (Wildman–Crippen MR) is 83.2 cm³/mol. The molecule has 0 radical (unpaired) electrons. The molecular weight excluding hydrogens is 248 g/mol. The molecular formula is C17H20N2O. The Hall–Kier alpha value is -2.10. The largest absolute Gasteiger partial charge is 0.373 e. The van der Waals surface area contributed by atoms with Crippen LogP contribution in [-0.4, -0.2) is 6.61 Å². The topological polar surface area (TPSA) is 33.3 Å². The van der Waals surface area contributed by atoms with Crippen molar-refractivity contribution in [2.75, 3.05) is 12.0 Å². The summed E-state index contributed by atoms with van der Waals surface area (Å²) in [6.45, 7) is 5.57. The summed E-state index contributed by atoms with van der Waals surface area (Å²) < 4.78 is 5.51. The highest BCUT2D eigenvalue weighted by Crippen LogP contribution is 2.10. The predicted octanol–water partition coefficient (Wildman–Crippen LogP) is 3.51. The van der Waals surface area contributed by atoms with Gasteiger partial charge in [0.1, 0.15) is 0 Å². The van der Waals surface area contributed by atoms with Crippen molar-refractivity contribution in [2.24, 2.45) is 0 Å². The van der Waals surface area contributed by atoms with E-state index < -0.39 is 0 Å². The molecule has 2 rings (SSSR count). The second-order valence-electron chi connectivity index (χ2n) is 4.42. The lowest BCUT2D eigenvalue weighted by Crippen LogP contribution is -2.21. The number of benzene rings is 2. The van der Waals surface area contributed by atoms with Crippen LogP contribution in [0, 0.1) is 0 Å². The van der Waals surface area contributed by atoms with Crippen LogP contribution in [-0.2, 0) is 17.9 Å². The zero-order valence-corrected chi connectivity index (χ0v) is 11.5. The van der Waals surface area contributed by atoms with Crippen molar-refractivity contribution in [1.82, 2.24) is 5.43 Å². The normalized spacial score (nSPS) is 10.2. The molecule has 2 aromatic carbocycles. The molecule has 2 N–H and O–H groups in total. The van der Waals surface area contributed by atoms with Gasteiger partial charge in [-0.1, -0.05) is 48.5 Å². The van der Waals surface area contributed by atoms with E-state index in [4.69, 9.17) is 4.74 Å². The monoisotopic (exact) mass is 268 g/mol. The van der Waals surface area contributed by atoms with E-state index in [1.165, 1.54) is 11.1 Å². The maximum absolute atomic E-state index is 5.51. The van der Waals surface area contributed by atoms with Gasteiger partial charge in [0.05, 0.1) is 13.2 Å². The number of hydrogen-bond donors (Lipinski definition) is 2. The van der Waals surface area contributed by atoms with Crippen molar-refractivity contribution in [3.05, 3.63) is 78.4 Å². The van der Waals surface area contributed by atoms with Gasteiger partial charge in [-0.15, -0.1) is 6.58 Å². The fourth-order valence-electron chi connectivity index (χ4n) is 1.89. The van der Waals surface area contributed by atoms with E-state index in [1.54, 1.807) is 6.08 Å². The Kier molecular flexibility index (Phi) is 5.83. The number of nitrogens with one attached hydrogen (secondary N) is 2. The Morgan fingerprint density at radius 1 is 0.950 bits per heavy atom. The molecule has 0 fully saturated rings. The summed E-state index contributed by atoms with van der Waals surface area (Å²) in [6.07, 6.45) is 1.76. The first kappa shape index (κ1) is 14.3. The van der Waals surface area contributed by atoms with Crippen LogP contribution in [0.4, 0.5) is 5.69 Å². The van der Waals surface area contributed by atoms with Crippen molar-refractivity contribution in [2.45, 2.75) is 13.2 Å². The van der Waals surface area contributed by atoms with E-state index in [0.29, 0.717) is 13.2 Å². The summed E-state index contributed by atoms with van der Waals surface area (Å²) in [7, 11) is 0. The number of rotatable bonds is 8. The minimum atomic E-state index is 0.573. The van der Waals surface area contributed by atoms with Gasteiger partial charge in [-0.25, -0.2) is 5.43 Å². The Balaban J connectivity index is 1.87. The molecule has 20 heavy (non-hydrogen) atoms. The van der Waals surface area contributed by atoms with Crippen LogP contribution in [0.5, 0.6) is 0 Å². The van der Waals surface area contributed by atoms with Gasteiger partial charge in [-0.05, 0) is 23.3 Å². The molecule has 0 unspecified atom stereocenters. The summed E-state index contributed by atoms with van der Waals surface area (Å²) in [5, 5.41) is 0. The lowest BCUT2D eigenvalue weighted by molar-refractivity contribution is 0.148. The second-order valence-corrected chi connectivity index (χ2v) is 4.42. The maximum Gasteiger partial charge on any atom is 0.0724 e. The maximum atomic E-state index is 5.51. The smallest absolute Gasteiger partial charge is 0.0724 e. The molecule has 0 bridgehead atoms. The van der Waals surface area contributed by atoms with Gasteiger partial charge < -0.3 is 10.2 Å². The fraction of sp³-hybridized carbons (Fsp3) is 0.176. The summed E-state index contributed by atoms with van der Waals surface area (Å²) >= 11 is 0. The second kappa shape index (κ2) is 8.15. The quantitative estimate of drug-likeness (QED) is 0.437. The lowest BCUT2D eigenvalue weighted by atomic mass is 10.1. The first-order valence-electron chi connectivity index (χ1n) is 6.69. The van der Waals surface area contributed by atoms with Crippen molar-refractivity contribution in [3.8, 4) is 0 Å². The molecule has 3 nitrogen and oxygen atoms in total. The van der Waals surface area contributed by atoms with Crippen LogP contribution < -0.4 is 10.9 Å². The van der Waals surface area contributed by atoms with Crippen molar-refractivity contribution in [3.63, 3.8) is 0 Å². The van der Waals surface area contributed by atoms with E-state index in [-0.39, 0.29) is 0 Å². The molecule has 0 heterocycles. The van der Waals surface area contributed by atoms with Crippen LogP contribution in [0.15, 0.2) is 67.3 Å². The average molecular weight is 268 g/mol. The van der Waals surface area contributed by atoms with Crippen LogP contribution >= 0.6 is 0 Å². The minimum absolute atomic E-state index is 0.573. The molecule has 0 saturated heterocycles. The van der Waals surface area contributed by atoms with E-state index in [2.05, 4.69) is 29.6 Å². The average Bonchev–Trinajstić information content (AvgIpc) is 2.50. The fourth-order valence-corrected chi connectivity index (χ4v) is 1.89. The van der Waals surface area contributed by atoms with Gasteiger partial charge in [-0.2, -0.15) is 0 Å². The Labute approximate surface area is 120 Å². The Morgan fingerprint density at radius 3 is 2.40 bits per heavy atom. The minimum Gasteiger partial charge on any atom is -0.373 e. The number of hydrazine groups is 1. The molecule has 0 aliphatic heterocycles. The number of hydrogen-bond acceptors (Lipinski definition) is 3. The molecule has 0 atom stereocenters. The molecule has 0 saturated carbocycles. The molecule has 0 aliphatic rings. The summed E-state index contributed by atoms with van der Waals surface area (Å²) in [5.41, 5.74) is 9.87. The van der Waals surface area contributed by atoms with Crippen molar-refractivity contribution < 1.29 is 4.74 Å². The van der Waals surface area contributed by atoms with Crippen molar-refractivity contribution in [1.29, 1.82) is 0 Å². The molecule has 0 aromatic heterocycles. The van der Waals surface area contributed by atoms with Crippen LogP contribution in [0.1, 0.15) is 11.1 Å². The summed E-state index contributed by atoms with van der Waals surface area (Å²) in [5.74, 6) is 0. The van der Waals surface area contributed by atoms with E-state index in [0.717, 1.165) is 12.2 Å². The van der Waals surface area contributed by atoms with Crippen LogP contribution in [0.3, 0.4) is 0 Å². The summed E-state index contributed by atoms with van der Waals surface area (Å²) in [4.78, 5) is 0. The van der Waals surface area contributed by atoms with Gasteiger partial charge in [0.25, 0.3) is 0 Å². The molecule has 0 spiro atoms. The third kappa shape index (κ3) is 4.53. The van der Waals surface area contributed by atoms with Crippen molar-refractivity contribution >= 4 is 5.69 Å². The number of para-hydroxylation sites is 1. The first-order valence-corrected chi connectivity index (χ1v) is 6.69. The standard InChI is InChI=1S/C17H20N2O/c1-2-12-20-14-16-9-7-6-8-15(16)13-18-19-17-10-4-3-5-11-17/h2-11,18-19H,1,12-14H2. The van der Waals surface area contributed by atoms with E-state index in [1.807, 2.05) is 42.5 Å². The molecule has 104 valence electrons. The zero-order chi connectivity index (χ0) is 14.0. The highest BCUT2D eigenvalue weighted by molar-refractivity contribution is 5.41. The highest BCUT2D eigenvalue weighted by Gasteiger charge is 2.01. The number of ether oxygens (including phenoxy) is 1. The van der Waals surface area contributed by atoms with Gasteiger partial charge in [0, 0.05) is 12.2 Å². The Bertz CT molecular complexity index is 526. The highest BCUT2D eigenvalue weighted by atomic mass is 16.5. The summed E-state index contributed by atoms with van der Waals surface area (Å²) in [6, 6.07) is 18.3. The van der Waals surface area contributed by atoms with Gasteiger partial charge in [0.2, 0.25) is 0 Å². The third-order valence-corrected chi connectivity index (χ3v) is 2.90. The number of anilines is 1. The van der Waals surface area contributed by atoms with Crippen LogP contribution in [0.25, 0.3) is 0 Å². The third-order valence-electron chi connectivity index (χ3n) is 2.90. The van der Waals surface area contributed by atoms with Gasteiger partial charge in [-0.3, -0.25) is 0 Å². The molecule has 0 amide bonds. The molecule has 2 aromatic rings. The lowest BCUT2D eigenvalue weighted by Gasteiger charge is -2.12. The van der Waals surface area contributed by atoms with Gasteiger partial charge >= 0.3 is 0 Å². The molecule has 3 heteroatoms. The van der Waals surface area contributed by atoms with E-state index >= 15 is 0 Å². The van der Waals surface area contributed by atoms with E-state index in [9.17, 15) is 0 Å². The SMILES string of the molecule is C=CCOCc1ccccc1CNNc1ccccc1. The molecule has 0 aliphatic carbocycles. The van der Waals surface area contributed by atoms with Gasteiger partial charge in [0.15, 0.2) is 0 Å². The first-order chi connectivity index (χ1) is 9.90. The zero-order valence-electron chi connectivity index (χ0n) is 11.5. The van der Waals surface area contributed by atoms with Crippen LogP contribution in [0.2, 0.25) is 0 Å².